The predicted octanol–water partition coefficient (Wildman–Crippen LogP) is 4.15. The van der Waals surface area contributed by atoms with E-state index >= 15 is 0 Å². The van der Waals surface area contributed by atoms with Gasteiger partial charge in [-0.05, 0) is 24.1 Å². The van der Waals surface area contributed by atoms with Crippen molar-refractivity contribution >= 4 is 10.9 Å². The highest BCUT2D eigenvalue weighted by atomic mass is 14.9. The molecule has 1 heterocycles. The Balaban J connectivity index is 2.33. The van der Waals surface area contributed by atoms with Crippen molar-refractivity contribution in [2.24, 2.45) is 7.05 Å². The molecule has 0 saturated carbocycles. The molecule has 0 unspecified atom stereocenters. The normalized spacial score (nSPS) is 10.9. The van der Waals surface area contributed by atoms with Crippen molar-refractivity contribution in [2.75, 3.05) is 0 Å². The second-order valence-corrected chi connectivity index (χ2v) is 4.47. The number of rotatable bonds is 1. The lowest BCUT2D eigenvalue weighted by Crippen LogP contribution is -1.92. The summed E-state index contributed by atoms with van der Waals surface area (Å²) in [4.78, 5) is 0. The molecule has 84 valence electrons. The first kappa shape index (κ1) is 10.2. The molecular formula is C16H15N. The summed E-state index contributed by atoms with van der Waals surface area (Å²) in [7, 11) is 2.14. The number of fused-ring (bicyclic) bond motifs is 1. The fourth-order valence-corrected chi connectivity index (χ4v) is 2.51. The molecule has 0 fully saturated rings. The molecule has 1 aromatic heterocycles. The Kier molecular flexibility index (Phi) is 2.25. The van der Waals surface area contributed by atoms with Gasteiger partial charge in [0.05, 0.1) is 5.52 Å². The van der Waals surface area contributed by atoms with Crippen molar-refractivity contribution in [3.63, 3.8) is 0 Å². The van der Waals surface area contributed by atoms with E-state index in [1.807, 2.05) is 0 Å². The molecule has 0 bridgehead atoms. The molecule has 0 amide bonds. The standard InChI is InChI=1S/C16H15N/c1-12-7-6-10-14-11-15(17(2)16(12)14)13-8-4-3-5-9-13/h3-11H,1-2H3. The zero-order valence-electron chi connectivity index (χ0n) is 10.1. The maximum atomic E-state index is 2.28. The number of nitrogens with zero attached hydrogens (tertiary/aromatic N) is 1. The van der Waals surface area contributed by atoms with Crippen molar-refractivity contribution in [2.45, 2.75) is 6.92 Å². The largest absolute Gasteiger partial charge is 0.343 e. The smallest absolute Gasteiger partial charge is 0.0512 e. The van der Waals surface area contributed by atoms with Crippen LogP contribution >= 0.6 is 0 Å². The molecule has 3 rings (SSSR count). The van der Waals surface area contributed by atoms with Crippen LogP contribution in [0.4, 0.5) is 0 Å². The fraction of sp³-hybridized carbons (Fsp3) is 0.125. The van der Waals surface area contributed by atoms with E-state index in [9.17, 15) is 0 Å². The molecular weight excluding hydrogens is 206 g/mol. The number of hydrogen-bond acceptors (Lipinski definition) is 0. The first-order valence-electron chi connectivity index (χ1n) is 5.88. The first-order valence-corrected chi connectivity index (χ1v) is 5.88. The lowest BCUT2D eigenvalue weighted by atomic mass is 10.1. The maximum absolute atomic E-state index is 2.28. The van der Waals surface area contributed by atoms with Gasteiger partial charge in [0, 0.05) is 18.1 Å². The summed E-state index contributed by atoms with van der Waals surface area (Å²) in [6, 6.07) is 19.3. The van der Waals surface area contributed by atoms with Crippen molar-refractivity contribution in [3.05, 3.63) is 60.2 Å². The maximum Gasteiger partial charge on any atom is 0.0512 e. The zero-order chi connectivity index (χ0) is 11.8. The molecule has 2 aromatic carbocycles. The van der Waals surface area contributed by atoms with Gasteiger partial charge in [-0.2, -0.15) is 0 Å². The minimum atomic E-state index is 1.27. The molecule has 1 nitrogen and oxygen atoms in total. The van der Waals surface area contributed by atoms with Crippen molar-refractivity contribution in [1.82, 2.24) is 4.57 Å². The van der Waals surface area contributed by atoms with Gasteiger partial charge in [0.2, 0.25) is 0 Å². The minimum absolute atomic E-state index is 1.27. The van der Waals surface area contributed by atoms with Gasteiger partial charge in [-0.15, -0.1) is 0 Å². The van der Waals surface area contributed by atoms with Crippen molar-refractivity contribution < 1.29 is 0 Å². The highest BCUT2D eigenvalue weighted by molar-refractivity contribution is 5.89. The molecule has 17 heavy (non-hydrogen) atoms. The summed E-state index contributed by atoms with van der Waals surface area (Å²) in [5.74, 6) is 0. The molecule has 0 radical (unpaired) electrons. The van der Waals surface area contributed by atoms with E-state index in [2.05, 4.69) is 73.1 Å². The Morgan fingerprint density at radius 3 is 2.35 bits per heavy atom. The fourth-order valence-electron chi connectivity index (χ4n) is 2.51. The van der Waals surface area contributed by atoms with E-state index in [1.165, 1.54) is 27.7 Å². The van der Waals surface area contributed by atoms with Gasteiger partial charge >= 0.3 is 0 Å². The number of hydrogen-bond donors (Lipinski definition) is 0. The molecule has 0 spiro atoms. The van der Waals surface area contributed by atoms with Crippen LogP contribution in [0, 0.1) is 6.92 Å². The average molecular weight is 221 g/mol. The summed E-state index contributed by atoms with van der Waals surface area (Å²) < 4.78 is 2.28. The predicted molar refractivity (Wildman–Crippen MR) is 73.1 cm³/mol. The second-order valence-electron chi connectivity index (χ2n) is 4.47. The molecule has 1 heteroatoms. The van der Waals surface area contributed by atoms with E-state index < -0.39 is 0 Å². The van der Waals surface area contributed by atoms with Crippen molar-refractivity contribution in [3.8, 4) is 11.3 Å². The summed E-state index contributed by atoms with van der Waals surface area (Å²) in [6.07, 6.45) is 0. The lowest BCUT2D eigenvalue weighted by molar-refractivity contribution is 0.973. The summed E-state index contributed by atoms with van der Waals surface area (Å²) in [5.41, 5.74) is 5.19. The molecule has 0 aliphatic heterocycles. The van der Waals surface area contributed by atoms with Crippen LogP contribution in [0.3, 0.4) is 0 Å². The molecule has 0 aliphatic rings. The van der Waals surface area contributed by atoms with Crippen LogP contribution in [-0.4, -0.2) is 4.57 Å². The van der Waals surface area contributed by atoms with Gasteiger partial charge in [-0.1, -0.05) is 48.5 Å². The van der Waals surface area contributed by atoms with Gasteiger partial charge in [0.25, 0.3) is 0 Å². The molecule has 3 aromatic rings. The second kappa shape index (κ2) is 3.77. The SMILES string of the molecule is Cc1cccc2cc(-c3ccccc3)n(C)c12. The third kappa shape index (κ3) is 1.55. The third-order valence-electron chi connectivity index (χ3n) is 3.33. The van der Waals surface area contributed by atoms with Crippen LogP contribution in [0.2, 0.25) is 0 Å². The highest BCUT2D eigenvalue weighted by Crippen LogP contribution is 2.28. The number of aromatic nitrogens is 1. The van der Waals surface area contributed by atoms with Crippen molar-refractivity contribution in [1.29, 1.82) is 0 Å². The Labute approximate surface area is 101 Å². The lowest BCUT2D eigenvalue weighted by Gasteiger charge is -2.05. The molecule has 0 saturated heterocycles. The van der Waals surface area contributed by atoms with Gasteiger partial charge in [0.1, 0.15) is 0 Å². The Morgan fingerprint density at radius 1 is 0.882 bits per heavy atom. The van der Waals surface area contributed by atoms with Crippen LogP contribution < -0.4 is 0 Å². The number of benzene rings is 2. The first-order chi connectivity index (χ1) is 8.27. The monoisotopic (exact) mass is 221 g/mol. The van der Waals surface area contributed by atoms with Crippen LogP contribution in [-0.2, 0) is 7.05 Å². The summed E-state index contributed by atoms with van der Waals surface area (Å²) >= 11 is 0. The van der Waals surface area contributed by atoms with Crippen LogP contribution in [0.25, 0.3) is 22.2 Å². The Bertz CT molecular complexity index is 663. The third-order valence-corrected chi connectivity index (χ3v) is 3.33. The van der Waals surface area contributed by atoms with Gasteiger partial charge in [-0.3, -0.25) is 0 Å². The van der Waals surface area contributed by atoms with E-state index in [-0.39, 0.29) is 0 Å². The molecule has 0 atom stereocenters. The Hall–Kier alpha value is -2.02. The minimum Gasteiger partial charge on any atom is -0.343 e. The molecule has 0 aliphatic carbocycles. The zero-order valence-corrected chi connectivity index (χ0v) is 10.1. The van der Waals surface area contributed by atoms with Crippen LogP contribution in [0.1, 0.15) is 5.56 Å². The number of aryl methyl sites for hydroxylation is 2. The van der Waals surface area contributed by atoms with Gasteiger partial charge in [-0.25, -0.2) is 0 Å². The van der Waals surface area contributed by atoms with E-state index in [1.54, 1.807) is 0 Å². The number of para-hydroxylation sites is 1. The molecule has 0 N–H and O–H groups in total. The average Bonchev–Trinajstić information content (AvgIpc) is 2.69. The van der Waals surface area contributed by atoms with Gasteiger partial charge < -0.3 is 4.57 Å². The summed E-state index contributed by atoms with van der Waals surface area (Å²) in [6.45, 7) is 2.16. The van der Waals surface area contributed by atoms with Gasteiger partial charge in [0.15, 0.2) is 0 Å². The highest BCUT2D eigenvalue weighted by Gasteiger charge is 2.08. The topological polar surface area (TPSA) is 4.93 Å². The van der Waals surface area contributed by atoms with Crippen LogP contribution in [0.15, 0.2) is 54.6 Å². The van der Waals surface area contributed by atoms with Crippen LogP contribution in [0.5, 0.6) is 0 Å². The Morgan fingerprint density at radius 2 is 1.65 bits per heavy atom. The quantitative estimate of drug-likeness (QED) is 0.581. The van der Waals surface area contributed by atoms with E-state index in [0.29, 0.717) is 0 Å². The summed E-state index contributed by atoms with van der Waals surface area (Å²) in [5, 5.41) is 1.31. The van der Waals surface area contributed by atoms with E-state index in [0.717, 1.165) is 0 Å². The van der Waals surface area contributed by atoms with E-state index in [4.69, 9.17) is 0 Å².